The molecule has 0 radical (unpaired) electrons. The van der Waals surface area contributed by atoms with Crippen LogP contribution in [0.5, 0.6) is 0 Å². The molecule has 1 rings (SSSR count). The zero-order chi connectivity index (χ0) is 11.6. The van der Waals surface area contributed by atoms with Crippen LogP contribution in [0, 0.1) is 17.2 Å². The van der Waals surface area contributed by atoms with Gasteiger partial charge in [0.1, 0.15) is 5.60 Å². The van der Waals surface area contributed by atoms with E-state index in [1.54, 1.807) is 4.90 Å². The minimum absolute atomic E-state index is 0.0372. The number of hydrogen-bond acceptors (Lipinski definition) is 3. The van der Waals surface area contributed by atoms with E-state index in [9.17, 15) is 4.79 Å². The first-order valence-electron chi connectivity index (χ1n) is 5.24. The lowest BCUT2D eigenvalue weighted by Crippen LogP contribution is -2.39. The van der Waals surface area contributed by atoms with Crippen LogP contribution in [0.25, 0.3) is 0 Å². The lowest BCUT2D eigenvalue weighted by molar-refractivity contribution is 0.0230. The third-order valence-electron chi connectivity index (χ3n) is 2.55. The van der Waals surface area contributed by atoms with Crippen molar-refractivity contribution in [2.24, 2.45) is 5.92 Å². The number of carbonyl (C=O) groups is 1. The van der Waals surface area contributed by atoms with Gasteiger partial charge in [-0.05, 0) is 34.1 Å². The van der Waals surface area contributed by atoms with E-state index in [-0.39, 0.29) is 18.1 Å². The third-order valence-corrected chi connectivity index (χ3v) is 2.55. The van der Waals surface area contributed by atoms with Crippen LogP contribution in [0.2, 0.25) is 0 Å². The van der Waals surface area contributed by atoms with Crippen molar-refractivity contribution in [3.63, 3.8) is 0 Å². The number of amides is 1. The molecule has 84 valence electrons. The van der Waals surface area contributed by atoms with Crippen molar-refractivity contribution >= 4 is 6.09 Å². The Morgan fingerprint density at radius 2 is 2.13 bits per heavy atom. The number of likely N-dealkylation sites (tertiary alicyclic amines) is 1. The van der Waals surface area contributed by atoms with E-state index in [0.29, 0.717) is 6.54 Å². The highest BCUT2D eigenvalue weighted by Crippen LogP contribution is 2.25. The quantitative estimate of drug-likeness (QED) is 0.615. The largest absolute Gasteiger partial charge is 0.444 e. The van der Waals surface area contributed by atoms with Crippen LogP contribution >= 0.6 is 0 Å². The van der Waals surface area contributed by atoms with Crippen molar-refractivity contribution in [3.8, 4) is 6.07 Å². The SMILES string of the molecule is C[C@H]1C(C#N)CCN1C(=O)OC(C)(C)C. The van der Waals surface area contributed by atoms with Crippen LogP contribution < -0.4 is 0 Å². The molecule has 15 heavy (non-hydrogen) atoms. The number of carbonyl (C=O) groups excluding carboxylic acids is 1. The predicted octanol–water partition coefficient (Wildman–Crippen LogP) is 2.16. The van der Waals surface area contributed by atoms with Crippen LogP contribution in [0.4, 0.5) is 4.79 Å². The van der Waals surface area contributed by atoms with Crippen molar-refractivity contribution < 1.29 is 9.53 Å². The average Bonchev–Trinajstić information content (AvgIpc) is 2.43. The van der Waals surface area contributed by atoms with Gasteiger partial charge in [0.05, 0.1) is 12.0 Å². The summed E-state index contributed by atoms with van der Waals surface area (Å²) in [6, 6.07) is 2.17. The van der Waals surface area contributed by atoms with Gasteiger partial charge in [0.25, 0.3) is 0 Å². The highest BCUT2D eigenvalue weighted by molar-refractivity contribution is 5.69. The normalized spacial score (nSPS) is 26.2. The zero-order valence-electron chi connectivity index (χ0n) is 9.78. The molecular formula is C11H18N2O2. The van der Waals surface area contributed by atoms with Gasteiger partial charge < -0.3 is 9.64 Å². The van der Waals surface area contributed by atoms with Gasteiger partial charge >= 0.3 is 6.09 Å². The van der Waals surface area contributed by atoms with E-state index in [2.05, 4.69) is 6.07 Å². The second-order valence-corrected chi connectivity index (χ2v) is 4.94. The molecule has 0 bridgehead atoms. The molecule has 0 N–H and O–H groups in total. The molecule has 2 atom stereocenters. The number of nitriles is 1. The molecule has 1 aliphatic heterocycles. The van der Waals surface area contributed by atoms with Gasteiger partial charge in [-0.2, -0.15) is 5.26 Å². The molecule has 0 spiro atoms. The van der Waals surface area contributed by atoms with Gasteiger partial charge in [0.2, 0.25) is 0 Å². The number of ether oxygens (including phenoxy) is 1. The van der Waals surface area contributed by atoms with E-state index in [0.717, 1.165) is 6.42 Å². The Hall–Kier alpha value is -1.24. The van der Waals surface area contributed by atoms with E-state index in [1.165, 1.54) is 0 Å². The highest BCUT2D eigenvalue weighted by atomic mass is 16.6. The van der Waals surface area contributed by atoms with Crippen molar-refractivity contribution in [1.29, 1.82) is 5.26 Å². The van der Waals surface area contributed by atoms with Crippen LogP contribution in [0.1, 0.15) is 34.1 Å². The van der Waals surface area contributed by atoms with Crippen molar-refractivity contribution in [2.45, 2.75) is 45.8 Å². The average molecular weight is 210 g/mol. The Kier molecular flexibility index (Phi) is 3.23. The smallest absolute Gasteiger partial charge is 0.410 e. The van der Waals surface area contributed by atoms with Crippen LogP contribution in [-0.2, 0) is 4.74 Å². The minimum atomic E-state index is -0.471. The van der Waals surface area contributed by atoms with Gasteiger partial charge in [-0.1, -0.05) is 0 Å². The van der Waals surface area contributed by atoms with E-state index in [4.69, 9.17) is 10.00 Å². The van der Waals surface area contributed by atoms with Crippen LogP contribution in [-0.4, -0.2) is 29.2 Å². The molecule has 0 aliphatic carbocycles. The maximum atomic E-state index is 11.7. The second kappa shape index (κ2) is 4.09. The molecule has 4 nitrogen and oxygen atoms in total. The molecule has 1 saturated heterocycles. The zero-order valence-corrected chi connectivity index (χ0v) is 9.78. The summed E-state index contributed by atoms with van der Waals surface area (Å²) < 4.78 is 5.26. The summed E-state index contributed by atoms with van der Waals surface area (Å²) in [6.45, 7) is 8.04. The molecule has 0 aromatic heterocycles. The molecule has 1 fully saturated rings. The van der Waals surface area contributed by atoms with Crippen LogP contribution in [0.15, 0.2) is 0 Å². The van der Waals surface area contributed by atoms with Gasteiger partial charge in [-0.3, -0.25) is 0 Å². The Labute approximate surface area is 90.8 Å². The van der Waals surface area contributed by atoms with Gasteiger partial charge in [0.15, 0.2) is 0 Å². The summed E-state index contributed by atoms with van der Waals surface area (Å²) in [5.41, 5.74) is -0.471. The van der Waals surface area contributed by atoms with E-state index < -0.39 is 5.60 Å². The topological polar surface area (TPSA) is 53.3 Å². The molecule has 1 heterocycles. The number of nitrogens with zero attached hydrogens (tertiary/aromatic N) is 2. The fraction of sp³-hybridized carbons (Fsp3) is 0.818. The van der Waals surface area contributed by atoms with Crippen molar-refractivity contribution in [3.05, 3.63) is 0 Å². The summed E-state index contributed by atoms with van der Waals surface area (Å²) in [6.07, 6.45) is 0.435. The Balaban J connectivity index is 2.60. The minimum Gasteiger partial charge on any atom is -0.444 e. The summed E-state index contributed by atoms with van der Waals surface area (Å²) in [4.78, 5) is 13.4. The Morgan fingerprint density at radius 1 is 1.53 bits per heavy atom. The maximum absolute atomic E-state index is 11.7. The van der Waals surface area contributed by atoms with Gasteiger partial charge in [0, 0.05) is 12.6 Å². The van der Waals surface area contributed by atoms with E-state index >= 15 is 0 Å². The highest BCUT2D eigenvalue weighted by Gasteiger charge is 2.36. The molecular weight excluding hydrogens is 192 g/mol. The number of rotatable bonds is 0. The summed E-state index contributed by atoms with van der Waals surface area (Å²) in [5, 5.41) is 8.84. The fourth-order valence-electron chi connectivity index (χ4n) is 1.69. The summed E-state index contributed by atoms with van der Waals surface area (Å²) in [5.74, 6) is -0.0579. The Bertz CT molecular complexity index is 288. The molecule has 0 saturated carbocycles. The molecule has 4 heteroatoms. The molecule has 1 aliphatic rings. The second-order valence-electron chi connectivity index (χ2n) is 4.94. The first kappa shape index (κ1) is 11.8. The Morgan fingerprint density at radius 3 is 2.53 bits per heavy atom. The monoisotopic (exact) mass is 210 g/mol. The van der Waals surface area contributed by atoms with Crippen molar-refractivity contribution in [1.82, 2.24) is 4.90 Å². The van der Waals surface area contributed by atoms with E-state index in [1.807, 2.05) is 27.7 Å². The maximum Gasteiger partial charge on any atom is 0.410 e. The third kappa shape index (κ3) is 2.85. The predicted molar refractivity (Wildman–Crippen MR) is 56.1 cm³/mol. The lowest BCUT2D eigenvalue weighted by atomic mass is 10.0. The molecule has 1 amide bonds. The molecule has 0 aromatic carbocycles. The molecule has 1 unspecified atom stereocenters. The first-order chi connectivity index (χ1) is 6.85. The van der Waals surface area contributed by atoms with Crippen LogP contribution in [0.3, 0.4) is 0 Å². The van der Waals surface area contributed by atoms with Gasteiger partial charge in [-0.25, -0.2) is 4.79 Å². The molecule has 0 aromatic rings. The van der Waals surface area contributed by atoms with Gasteiger partial charge in [-0.15, -0.1) is 0 Å². The summed E-state index contributed by atoms with van der Waals surface area (Å²) in [7, 11) is 0. The fourth-order valence-corrected chi connectivity index (χ4v) is 1.69. The first-order valence-corrected chi connectivity index (χ1v) is 5.24. The lowest BCUT2D eigenvalue weighted by Gasteiger charge is -2.27. The standard InChI is InChI=1S/C11H18N2O2/c1-8-9(7-12)5-6-13(8)10(14)15-11(2,3)4/h8-9H,5-6H2,1-4H3/t8-,9?/m0/s1. The van der Waals surface area contributed by atoms with Crippen molar-refractivity contribution in [2.75, 3.05) is 6.54 Å². The number of hydrogen-bond donors (Lipinski definition) is 0. The summed E-state index contributed by atoms with van der Waals surface area (Å²) >= 11 is 0.